The molecule has 2 aliphatic rings. The van der Waals surface area contributed by atoms with Gasteiger partial charge in [-0.05, 0) is 57.4 Å². The van der Waals surface area contributed by atoms with Crippen molar-refractivity contribution in [2.45, 2.75) is 69.6 Å². The Bertz CT molecular complexity index is 963. The SMILES string of the molecule is C=CCn1c(SCC(=O)N2CCCC[C@H]2C)nc2sc3c(c2c1=O)CCCC3. The first kappa shape index (κ1) is 19.7. The number of amides is 1. The van der Waals surface area contributed by atoms with E-state index in [1.165, 1.54) is 35.0 Å². The summed E-state index contributed by atoms with van der Waals surface area (Å²) in [5, 5.41) is 1.43. The van der Waals surface area contributed by atoms with Crippen molar-refractivity contribution in [2.24, 2.45) is 0 Å². The number of hydrogen-bond acceptors (Lipinski definition) is 5. The fourth-order valence-corrected chi connectivity index (χ4v) is 6.50. The first-order valence-corrected chi connectivity index (χ1v) is 12.0. The predicted molar refractivity (Wildman–Crippen MR) is 116 cm³/mol. The second-order valence-corrected chi connectivity index (χ2v) is 9.74. The lowest BCUT2D eigenvalue weighted by atomic mass is 9.97. The standard InChI is InChI=1S/C21H27N3O2S2/c1-3-11-24-20(26)18-15-9-4-5-10-16(15)28-19(18)22-21(24)27-13-17(25)23-12-7-6-8-14(23)2/h3,14H,1,4-13H2,2H3/t14-/m1/s1. The van der Waals surface area contributed by atoms with Crippen LogP contribution in [0.3, 0.4) is 0 Å². The van der Waals surface area contributed by atoms with Gasteiger partial charge in [-0.2, -0.15) is 0 Å². The highest BCUT2D eigenvalue weighted by Crippen LogP contribution is 2.34. The van der Waals surface area contributed by atoms with Gasteiger partial charge in [-0.1, -0.05) is 17.8 Å². The number of carbonyl (C=O) groups excluding carboxylic acids is 1. The number of rotatable bonds is 5. The third kappa shape index (κ3) is 3.66. The Labute approximate surface area is 173 Å². The fraction of sp³-hybridized carbons (Fsp3) is 0.571. The molecule has 2 aromatic heterocycles. The smallest absolute Gasteiger partial charge is 0.263 e. The van der Waals surface area contributed by atoms with Gasteiger partial charge in [0.25, 0.3) is 5.56 Å². The lowest BCUT2D eigenvalue weighted by molar-refractivity contribution is -0.131. The van der Waals surface area contributed by atoms with Crippen molar-refractivity contribution >= 4 is 39.2 Å². The molecule has 0 bridgehead atoms. The Morgan fingerprint density at radius 2 is 2.14 bits per heavy atom. The first-order chi connectivity index (χ1) is 13.6. The van der Waals surface area contributed by atoms with Crippen molar-refractivity contribution < 1.29 is 4.79 Å². The van der Waals surface area contributed by atoms with Crippen LogP contribution in [0.2, 0.25) is 0 Å². The maximum absolute atomic E-state index is 13.2. The van der Waals surface area contributed by atoms with Crippen LogP contribution < -0.4 is 5.56 Å². The van der Waals surface area contributed by atoms with Gasteiger partial charge in [0.15, 0.2) is 5.16 Å². The summed E-state index contributed by atoms with van der Waals surface area (Å²) >= 11 is 3.04. The molecule has 0 N–H and O–H groups in total. The highest BCUT2D eigenvalue weighted by Gasteiger charge is 2.25. The molecule has 0 unspecified atom stereocenters. The van der Waals surface area contributed by atoms with E-state index in [9.17, 15) is 9.59 Å². The highest BCUT2D eigenvalue weighted by molar-refractivity contribution is 7.99. The van der Waals surface area contributed by atoms with Crippen molar-refractivity contribution in [1.82, 2.24) is 14.5 Å². The molecule has 0 spiro atoms. The molecule has 3 heterocycles. The summed E-state index contributed by atoms with van der Waals surface area (Å²) in [5.41, 5.74) is 1.22. The maximum atomic E-state index is 13.2. The zero-order valence-electron chi connectivity index (χ0n) is 16.4. The van der Waals surface area contributed by atoms with Gasteiger partial charge in [-0.15, -0.1) is 17.9 Å². The van der Waals surface area contributed by atoms with Crippen molar-refractivity contribution in [3.8, 4) is 0 Å². The fourth-order valence-electron chi connectivity index (χ4n) is 4.30. The monoisotopic (exact) mass is 417 g/mol. The summed E-state index contributed by atoms with van der Waals surface area (Å²) in [7, 11) is 0. The van der Waals surface area contributed by atoms with Crippen LogP contribution >= 0.6 is 23.1 Å². The van der Waals surface area contributed by atoms with Crippen LogP contribution in [-0.2, 0) is 24.2 Å². The second-order valence-electron chi connectivity index (χ2n) is 7.71. The molecule has 150 valence electrons. The summed E-state index contributed by atoms with van der Waals surface area (Å²) in [5.74, 6) is 0.465. The van der Waals surface area contributed by atoms with Crippen LogP contribution in [0, 0.1) is 0 Å². The molecular weight excluding hydrogens is 390 g/mol. The largest absolute Gasteiger partial charge is 0.339 e. The van der Waals surface area contributed by atoms with Crippen molar-refractivity contribution in [3.63, 3.8) is 0 Å². The first-order valence-electron chi connectivity index (χ1n) is 10.2. The Morgan fingerprint density at radius 3 is 2.93 bits per heavy atom. The van der Waals surface area contributed by atoms with Gasteiger partial charge in [0, 0.05) is 24.0 Å². The topological polar surface area (TPSA) is 55.2 Å². The molecule has 0 saturated carbocycles. The summed E-state index contributed by atoms with van der Waals surface area (Å²) in [6.45, 7) is 7.18. The minimum atomic E-state index is 0.0191. The number of likely N-dealkylation sites (tertiary alicyclic amines) is 1. The van der Waals surface area contributed by atoms with Crippen LogP contribution in [0.15, 0.2) is 22.6 Å². The molecule has 28 heavy (non-hydrogen) atoms. The average Bonchev–Trinajstić information content (AvgIpc) is 3.07. The van der Waals surface area contributed by atoms with Crippen LogP contribution in [0.5, 0.6) is 0 Å². The molecule has 1 aliphatic heterocycles. The quantitative estimate of drug-likeness (QED) is 0.419. The third-order valence-electron chi connectivity index (χ3n) is 5.80. The van der Waals surface area contributed by atoms with E-state index in [-0.39, 0.29) is 11.5 Å². The number of carbonyl (C=O) groups is 1. The van der Waals surface area contributed by atoms with Crippen LogP contribution in [-0.4, -0.2) is 38.7 Å². The van der Waals surface area contributed by atoms with Gasteiger partial charge in [-0.3, -0.25) is 14.2 Å². The molecule has 1 aliphatic carbocycles. The minimum Gasteiger partial charge on any atom is -0.339 e. The van der Waals surface area contributed by atoms with Gasteiger partial charge in [0.2, 0.25) is 5.91 Å². The number of thiophene rings is 1. The van der Waals surface area contributed by atoms with E-state index in [2.05, 4.69) is 13.5 Å². The molecule has 0 aromatic carbocycles. The van der Waals surface area contributed by atoms with Gasteiger partial charge in [0.05, 0.1) is 11.1 Å². The maximum Gasteiger partial charge on any atom is 0.263 e. The Kier molecular flexibility index (Phi) is 5.92. The van der Waals surface area contributed by atoms with E-state index in [4.69, 9.17) is 4.98 Å². The lowest BCUT2D eigenvalue weighted by Gasteiger charge is -2.33. The third-order valence-corrected chi connectivity index (χ3v) is 7.95. The van der Waals surface area contributed by atoms with E-state index in [1.807, 2.05) is 4.90 Å². The molecule has 2 aromatic rings. The van der Waals surface area contributed by atoms with Crippen molar-refractivity contribution in [3.05, 3.63) is 33.4 Å². The number of fused-ring (bicyclic) bond motifs is 3. The molecule has 1 saturated heterocycles. The number of aromatic nitrogens is 2. The molecule has 0 radical (unpaired) electrons. The van der Waals surface area contributed by atoms with Gasteiger partial charge in [-0.25, -0.2) is 4.98 Å². The number of thioether (sulfide) groups is 1. The molecule has 7 heteroatoms. The zero-order valence-corrected chi connectivity index (χ0v) is 18.0. The number of hydrogen-bond donors (Lipinski definition) is 0. The van der Waals surface area contributed by atoms with E-state index >= 15 is 0 Å². The molecular formula is C21H27N3O2S2. The summed E-state index contributed by atoms with van der Waals surface area (Å²) in [4.78, 5) is 34.9. The van der Waals surface area contributed by atoms with E-state index < -0.39 is 0 Å². The predicted octanol–water partition coefficient (Wildman–Crippen LogP) is 4.02. The zero-order chi connectivity index (χ0) is 19.7. The van der Waals surface area contributed by atoms with Crippen molar-refractivity contribution in [1.29, 1.82) is 0 Å². The number of allylic oxidation sites excluding steroid dienone is 1. The molecule has 1 atom stereocenters. The summed E-state index contributed by atoms with van der Waals surface area (Å²) in [6, 6.07) is 0.302. The van der Waals surface area contributed by atoms with Crippen LogP contribution in [0.4, 0.5) is 0 Å². The van der Waals surface area contributed by atoms with E-state index in [0.717, 1.165) is 48.9 Å². The summed E-state index contributed by atoms with van der Waals surface area (Å²) in [6.07, 6.45) is 9.41. The molecule has 1 amide bonds. The Balaban J connectivity index is 1.64. The van der Waals surface area contributed by atoms with Gasteiger partial charge >= 0.3 is 0 Å². The van der Waals surface area contributed by atoms with E-state index in [1.54, 1.807) is 22.0 Å². The van der Waals surface area contributed by atoms with Gasteiger partial charge in [0.1, 0.15) is 4.83 Å². The van der Waals surface area contributed by atoms with E-state index in [0.29, 0.717) is 23.5 Å². The number of nitrogens with zero attached hydrogens (tertiary/aromatic N) is 3. The Hall–Kier alpha value is -1.60. The number of aryl methyl sites for hydroxylation is 2. The van der Waals surface area contributed by atoms with Gasteiger partial charge < -0.3 is 4.90 Å². The van der Waals surface area contributed by atoms with Crippen molar-refractivity contribution in [2.75, 3.05) is 12.3 Å². The number of piperidine rings is 1. The molecule has 1 fully saturated rings. The molecule has 5 nitrogen and oxygen atoms in total. The van der Waals surface area contributed by atoms with Crippen LogP contribution in [0.25, 0.3) is 10.2 Å². The second kappa shape index (κ2) is 8.41. The minimum absolute atomic E-state index is 0.0191. The normalized spacial score (nSPS) is 19.6. The molecule has 4 rings (SSSR count). The average molecular weight is 418 g/mol. The lowest BCUT2D eigenvalue weighted by Crippen LogP contribution is -2.43. The summed E-state index contributed by atoms with van der Waals surface area (Å²) < 4.78 is 1.69. The Morgan fingerprint density at radius 1 is 1.32 bits per heavy atom. The van der Waals surface area contributed by atoms with Crippen LogP contribution in [0.1, 0.15) is 49.5 Å². The highest BCUT2D eigenvalue weighted by atomic mass is 32.2.